The minimum atomic E-state index is -4.49. The van der Waals surface area contributed by atoms with Gasteiger partial charge in [-0.05, 0) is 60.5 Å². The lowest BCUT2D eigenvalue weighted by Crippen LogP contribution is -2.36. The van der Waals surface area contributed by atoms with Crippen molar-refractivity contribution in [1.29, 1.82) is 0 Å². The molecule has 35 heavy (non-hydrogen) atoms. The van der Waals surface area contributed by atoms with Crippen LogP contribution in [0.4, 0.5) is 23.7 Å². The van der Waals surface area contributed by atoms with Gasteiger partial charge in [0.05, 0.1) is 10.5 Å². The molecule has 1 saturated heterocycles. The monoisotopic (exact) mass is 518 g/mol. The number of carbonyl (C=O) groups is 3. The summed E-state index contributed by atoms with van der Waals surface area (Å²) < 4.78 is 44.5. The third-order valence-electron chi connectivity index (χ3n) is 4.90. The fourth-order valence-electron chi connectivity index (χ4n) is 3.24. The summed E-state index contributed by atoms with van der Waals surface area (Å²) >= 11 is 2.16. The van der Waals surface area contributed by atoms with Crippen LogP contribution < -0.4 is 5.32 Å². The average Bonchev–Trinajstić information content (AvgIpc) is 3.39. The minimum absolute atomic E-state index is 0.0390. The fraction of sp³-hybridized carbons (Fsp3) is 0.125. The SMILES string of the molecule is CSc1cccc(NC(=O)CN2C(=O)S/C(=C/c3ccc(-c4cccc(C(F)(F)F)c4)o3)C2=O)c1. The van der Waals surface area contributed by atoms with Crippen LogP contribution in [0.2, 0.25) is 0 Å². The lowest BCUT2D eigenvalue weighted by Gasteiger charge is -2.12. The maximum Gasteiger partial charge on any atom is 0.416 e. The molecular formula is C24H17F3N2O4S2. The maximum atomic E-state index is 13.0. The van der Waals surface area contributed by atoms with E-state index in [1.807, 2.05) is 12.3 Å². The number of alkyl halides is 3. The molecule has 1 N–H and O–H groups in total. The molecule has 4 rings (SSSR count). The van der Waals surface area contributed by atoms with Gasteiger partial charge in [0.2, 0.25) is 5.91 Å². The Hall–Kier alpha value is -3.44. The number of anilines is 1. The van der Waals surface area contributed by atoms with E-state index in [4.69, 9.17) is 4.42 Å². The van der Waals surface area contributed by atoms with Gasteiger partial charge in [-0.2, -0.15) is 13.2 Å². The number of hydrogen-bond acceptors (Lipinski definition) is 6. The molecule has 3 amide bonds. The molecule has 0 unspecified atom stereocenters. The molecule has 6 nitrogen and oxygen atoms in total. The summed E-state index contributed by atoms with van der Waals surface area (Å²) in [6.45, 7) is -0.459. The van der Waals surface area contributed by atoms with E-state index < -0.39 is 35.3 Å². The predicted octanol–water partition coefficient (Wildman–Crippen LogP) is 6.36. The van der Waals surface area contributed by atoms with E-state index in [9.17, 15) is 27.6 Å². The van der Waals surface area contributed by atoms with Crippen LogP contribution >= 0.6 is 23.5 Å². The van der Waals surface area contributed by atoms with Crippen LogP contribution in [0.1, 0.15) is 11.3 Å². The van der Waals surface area contributed by atoms with Gasteiger partial charge in [0.25, 0.3) is 11.1 Å². The third-order valence-corrected chi connectivity index (χ3v) is 6.54. The van der Waals surface area contributed by atoms with Crippen molar-refractivity contribution < 1.29 is 32.0 Å². The number of nitrogens with zero attached hydrogens (tertiary/aromatic N) is 1. The number of halogens is 3. The van der Waals surface area contributed by atoms with Crippen molar-refractivity contribution in [3.63, 3.8) is 0 Å². The highest BCUT2D eigenvalue weighted by molar-refractivity contribution is 8.18. The van der Waals surface area contributed by atoms with E-state index in [-0.39, 0.29) is 22.0 Å². The Morgan fingerprint density at radius 1 is 1.11 bits per heavy atom. The number of nitrogens with one attached hydrogen (secondary N) is 1. The molecule has 1 fully saturated rings. The fourth-order valence-corrected chi connectivity index (χ4v) is 4.52. The summed E-state index contributed by atoms with van der Waals surface area (Å²) in [7, 11) is 0. The van der Waals surface area contributed by atoms with Crippen LogP contribution in [0, 0.1) is 0 Å². The first-order valence-corrected chi connectivity index (χ1v) is 12.1. The maximum absolute atomic E-state index is 13.0. The second-order valence-corrected chi connectivity index (χ2v) is 9.20. The van der Waals surface area contributed by atoms with E-state index >= 15 is 0 Å². The van der Waals surface area contributed by atoms with Gasteiger partial charge in [-0.3, -0.25) is 19.3 Å². The molecule has 11 heteroatoms. The largest absolute Gasteiger partial charge is 0.457 e. The third kappa shape index (κ3) is 5.80. The number of thioether (sulfide) groups is 2. The summed E-state index contributed by atoms with van der Waals surface area (Å²) in [6.07, 6.45) is -1.27. The van der Waals surface area contributed by atoms with Crippen molar-refractivity contribution in [2.24, 2.45) is 0 Å². The Balaban J connectivity index is 1.45. The van der Waals surface area contributed by atoms with Crippen LogP contribution in [0.25, 0.3) is 17.4 Å². The van der Waals surface area contributed by atoms with E-state index in [0.29, 0.717) is 17.4 Å². The van der Waals surface area contributed by atoms with Crippen molar-refractivity contribution in [2.75, 3.05) is 18.1 Å². The smallest absolute Gasteiger partial charge is 0.416 e. The van der Waals surface area contributed by atoms with Crippen LogP contribution in [0.3, 0.4) is 0 Å². The Labute approximate surface area is 206 Å². The zero-order valence-electron chi connectivity index (χ0n) is 18.1. The van der Waals surface area contributed by atoms with Gasteiger partial charge in [0.15, 0.2) is 0 Å². The molecule has 1 aromatic heterocycles. The average molecular weight is 519 g/mol. The Bertz CT molecular complexity index is 1330. The zero-order chi connectivity index (χ0) is 25.2. The summed E-state index contributed by atoms with van der Waals surface area (Å²) in [4.78, 5) is 39.2. The molecule has 2 aromatic carbocycles. The second kappa shape index (κ2) is 10.0. The van der Waals surface area contributed by atoms with Crippen LogP contribution in [0.15, 0.2) is 74.9 Å². The standard InChI is InChI=1S/C24H17F3N2O4S2/c1-34-18-7-3-6-16(11-18)28-21(30)13-29-22(31)20(35-23(29)32)12-17-8-9-19(33-17)14-4-2-5-15(10-14)24(25,26)27/h2-12H,13H2,1H3,(H,28,30)/b20-12+. The lowest BCUT2D eigenvalue weighted by molar-refractivity contribution is -0.137. The van der Waals surface area contributed by atoms with Gasteiger partial charge in [-0.25, -0.2) is 0 Å². The number of furan rings is 1. The van der Waals surface area contributed by atoms with E-state index in [2.05, 4.69) is 5.32 Å². The second-order valence-electron chi connectivity index (χ2n) is 7.33. The first-order chi connectivity index (χ1) is 16.6. The van der Waals surface area contributed by atoms with E-state index in [1.54, 1.807) is 18.2 Å². The topological polar surface area (TPSA) is 79.6 Å². The van der Waals surface area contributed by atoms with Crippen molar-refractivity contribution in [2.45, 2.75) is 11.1 Å². The zero-order valence-corrected chi connectivity index (χ0v) is 19.7. The first kappa shape index (κ1) is 24.7. The Morgan fingerprint density at radius 3 is 2.63 bits per heavy atom. The van der Waals surface area contributed by atoms with Gasteiger partial charge in [0.1, 0.15) is 18.1 Å². The minimum Gasteiger partial charge on any atom is -0.457 e. The van der Waals surface area contributed by atoms with Crippen molar-refractivity contribution in [3.8, 4) is 11.3 Å². The van der Waals surface area contributed by atoms with Gasteiger partial charge in [-0.15, -0.1) is 11.8 Å². The highest BCUT2D eigenvalue weighted by atomic mass is 32.2. The summed E-state index contributed by atoms with van der Waals surface area (Å²) in [5, 5.41) is 2.05. The van der Waals surface area contributed by atoms with Crippen LogP contribution in [-0.2, 0) is 15.8 Å². The number of hydrogen-bond donors (Lipinski definition) is 1. The number of rotatable bonds is 6. The van der Waals surface area contributed by atoms with Gasteiger partial charge < -0.3 is 9.73 Å². The summed E-state index contributed by atoms with van der Waals surface area (Å²) in [5.41, 5.74) is -0.0515. The molecular weight excluding hydrogens is 501 g/mol. The molecule has 0 atom stereocenters. The number of benzene rings is 2. The molecule has 0 radical (unpaired) electrons. The Kier molecular flexibility index (Phi) is 7.08. The predicted molar refractivity (Wildman–Crippen MR) is 129 cm³/mol. The quantitative estimate of drug-likeness (QED) is 0.302. The molecule has 0 spiro atoms. The van der Waals surface area contributed by atoms with Crippen molar-refractivity contribution in [3.05, 3.63) is 76.9 Å². The molecule has 0 aliphatic carbocycles. The Morgan fingerprint density at radius 2 is 1.89 bits per heavy atom. The molecule has 1 aliphatic heterocycles. The summed E-state index contributed by atoms with van der Waals surface area (Å²) in [5.74, 6) is -0.837. The van der Waals surface area contributed by atoms with E-state index in [0.717, 1.165) is 21.9 Å². The normalized spacial score (nSPS) is 15.2. The molecule has 3 aromatic rings. The summed E-state index contributed by atoms with van der Waals surface area (Å²) in [6, 6.07) is 14.8. The van der Waals surface area contributed by atoms with Gasteiger partial charge in [0, 0.05) is 22.2 Å². The van der Waals surface area contributed by atoms with Crippen molar-refractivity contribution >= 4 is 52.3 Å². The number of amides is 3. The van der Waals surface area contributed by atoms with E-state index in [1.165, 1.54) is 42.1 Å². The molecule has 180 valence electrons. The van der Waals surface area contributed by atoms with Crippen LogP contribution in [-0.4, -0.2) is 34.8 Å². The number of carbonyl (C=O) groups excluding carboxylic acids is 3. The highest BCUT2D eigenvalue weighted by Gasteiger charge is 2.36. The lowest BCUT2D eigenvalue weighted by atomic mass is 10.1. The first-order valence-electron chi connectivity index (χ1n) is 10.1. The van der Waals surface area contributed by atoms with Crippen LogP contribution in [0.5, 0.6) is 0 Å². The van der Waals surface area contributed by atoms with Crippen molar-refractivity contribution in [1.82, 2.24) is 4.90 Å². The molecule has 0 saturated carbocycles. The van der Waals surface area contributed by atoms with Gasteiger partial charge >= 0.3 is 6.18 Å². The number of imide groups is 1. The molecule has 0 bridgehead atoms. The van der Waals surface area contributed by atoms with Gasteiger partial charge in [-0.1, -0.05) is 18.2 Å². The highest BCUT2D eigenvalue weighted by Crippen LogP contribution is 2.35. The molecule has 2 heterocycles. The molecule has 1 aliphatic rings.